The number of benzene rings is 1. The van der Waals surface area contributed by atoms with Crippen molar-refractivity contribution in [3.8, 4) is 0 Å². The van der Waals surface area contributed by atoms with E-state index >= 15 is 0 Å². The first kappa shape index (κ1) is 18.4. The van der Waals surface area contributed by atoms with Gasteiger partial charge in [0.1, 0.15) is 0 Å². The van der Waals surface area contributed by atoms with Crippen LogP contribution in [0.3, 0.4) is 0 Å². The van der Waals surface area contributed by atoms with E-state index < -0.39 is 5.91 Å². The molecule has 23 heavy (non-hydrogen) atoms. The molecule has 126 valence electrons. The van der Waals surface area contributed by atoms with Gasteiger partial charge in [-0.25, -0.2) is 5.48 Å². The van der Waals surface area contributed by atoms with Gasteiger partial charge in [-0.2, -0.15) is 0 Å². The molecule has 8 nitrogen and oxygen atoms in total. The summed E-state index contributed by atoms with van der Waals surface area (Å²) >= 11 is 0. The van der Waals surface area contributed by atoms with Crippen molar-refractivity contribution in [1.29, 1.82) is 0 Å². The van der Waals surface area contributed by atoms with Crippen molar-refractivity contribution in [2.24, 2.45) is 0 Å². The highest BCUT2D eigenvalue weighted by atomic mass is 16.5. The quantitative estimate of drug-likeness (QED) is 0.191. The predicted molar refractivity (Wildman–Crippen MR) is 84.6 cm³/mol. The fourth-order valence-corrected chi connectivity index (χ4v) is 1.83. The second kappa shape index (κ2) is 10.2. The molecule has 0 aliphatic heterocycles. The van der Waals surface area contributed by atoms with Crippen molar-refractivity contribution in [3.05, 3.63) is 29.8 Å². The molecule has 0 spiro atoms. The number of unbranched alkanes of at least 4 members (excludes halogenated alkanes) is 1. The summed E-state index contributed by atoms with van der Waals surface area (Å²) in [5.74, 6) is -0.832. The number of hydrogen-bond donors (Lipinski definition) is 5. The summed E-state index contributed by atoms with van der Waals surface area (Å²) in [5.41, 5.74) is 8.17. The van der Waals surface area contributed by atoms with Gasteiger partial charge in [0, 0.05) is 37.2 Å². The van der Waals surface area contributed by atoms with Gasteiger partial charge in [-0.15, -0.1) is 0 Å². The van der Waals surface area contributed by atoms with Gasteiger partial charge in [-0.05, 0) is 37.1 Å². The first-order chi connectivity index (χ1) is 11.0. The van der Waals surface area contributed by atoms with Gasteiger partial charge in [-0.1, -0.05) is 0 Å². The fourth-order valence-electron chi connectivity index (χ4n) is 1.83. The number of anilines is 1. The molecule has 1 aromatic carbocycles. The Balaban J connectivity index is 2.09. The lowest BCUT2D eigenvalue weighted by Crippen LogP contribution is -2.34. The van der Waals surface area contributed by atoms with Crippen molar-refractivity contribution in [1.82, 2.24) is 16.1 Å². The molecular weight excluding hydrogens is 300 g/mol. The molecule has 0 saturated carbocycles. The van der Waals surface area contributed by atoms with Gasteiger partial charge in [0.05, 0.1) is 0 Å². The zero-order valence-corrected chi connectivity index (χ0v) is 12.8. The smallest absolute Gasteiger partial charge is 0.251 e. The minimum atomic E-state index is -0.462. The lowest BCUT2D eigenvalue weighted by molar-refractivity contribution is -0.129. The van der Waals surface area contributed by atoms with Crippen LogP contribution in [-0.2, 0) is 9.59 Å². The number of hydrogen-bond acceptors (Lipinski definition) is 5. The second-order valence-corrected chi connectivity index (χ2v) is 4.97. The van der Waals surface area contributed by atoms with E-state index in [9.17, 15) is 14.4 Å². The molecule has 3 amide bonds. The molecule has 1 aromatic rings. The van der Waals surface area contributed by atoms with Crippen LogP contribution >= 0.6 is 0 Å². The van der Waals surface area contributed by atoms with Gasteiger partial charge in [-0.3, -0.25) is 19.6 Å². The Labute approximate surface area is 134 Å². The second-order valence-electron chi connectivity index (χ2n) is 4.97. The van der Waals surface area contributed by atoms with E-state index in [0.717, 1.165) is 0 Å². The van der Waals surface area contributed by atoms with Crippen LogP contribution in [0.5, 0.6) is 0 Å². The van der Waals surface area contributed by atoms with Gasteiger partial charge in [0.15, 0.2) is 0 Å². The first-order valence-corrected chi connectivity index (χ1v) is 7.36. The number of carbonyl (C=O) groups excluding carboxylic acids is 3. The number of hydroxylamine groups is 1. The molecule has 8 heteroatoms. The largest absolute Gasteiger partial charge is 0.399 e. The summed E-state index contributed by atoms with van der Waals surface area (Å²) in [6.07, 6.45) is 1.55. The number of amides is 3. The highest BCUT2D eigenvalue weighted by molar-refractivity contribution is 5.94. The van der Waals surface area contributed by atoms with E-state index in [4.69, 9.17) is 10.9 Å². The van der Waals surface area contributed by atoms with Gasteiger partial charge >= 0.3 is 0 Å². The Morgan fingerprint density at radius 3 is 2.09 bits per heavy atom. The minimum absolute atomic E-state index is 0.142. The van der Waals surface area contributed by atoms with E-state index in [1.54, 1.807) is 24.3 Å². The highest BCUT2D eigenvalue weighted by Gasteiger charge is 2.05. The summed E-state index contributed by atoms with van der Waals surface area (Å²) in [4.78, 5) is 34.1. The summed E-state index contributed by atoms with van der Waals surface area (Å²) in [5, 5.41) is 13.7. The average molecular weight is 322 g/mol. The monoisotopic (exact) mass is 322 g/mol. The Morgan fingerprint density at radius 1 is 0.913 bits per heavy atom. The maximum atomic E-state index is 11.8. The molecule has 0 aromatic heterocycles. The SMILES string of the molecule is Nc1ccc(C(=O)NCCNC(=O)CCCCC(=O)NO)cc1. The van der Waals surface area contributed by atoms with Crippen molar-refractivity contribution in [2.45, 2.75) is 25.7 Å². The summed E-state index contributed by atoms with van der Waals surface area (Å²) in [7, 11) is 0. The van der Waals surface area contributed by atoms with E-state index in [2.05, 4.69) is 10.6 Å². The third kappa shape index (κ3) is 7.82. The molecule has 0 radical (unpaired) electrons. The number of nitrogens with one attached hydrogen (secondary N) is 3. The molecule has 0 bridgehead atoms. The van der Waals surface area contributed by atoms with Crippen molar-refractivity contribution >= 4 is 23.4 Å². The zero-order chi connectivity index (χ0) is 17.1. The van der Waals surface area contributed by atoms with Crippen LogP contribution in [0.15, 0.2) is 24.3 Å². The third-order valence-electron chi connectivity index (χ3n) is 3.09. The number of carbonyl (C=O) groups is 3. The zero-order valence-electron chi connectivity index (χ0n) is 12.8. The van der Waals surface area contributed by atoms with E-state index in [1.165, 1.54) is 5.48 Å². The Bertz CT molecular complexity index is 531. The molecule has 0 heterocycles. The summed E-state index contributed by atoms with van der Waals surface area (Å²) in [6, 6.07) is 6.55. The van der Waals surface area contributed by atoms with Gasteiger partial charge in [0.25, 0.3) is 5.91 Å². The third-order valence-corrected chi connectivity index (χ3v) is 3.09. The van der Waals surface area contributed by atoms with Crippen LogP contribution < -0.4 is 21.8 Å². The summed E-state index contributed by atoms with van der Waals surface area (Å²) < 4.78 is 0. The van der Waals surface area contributed by atoms with Crippen LogP contribution in [-0.4, -0.2) is 36.0 Å². The maximum Gasteiger partial charge on any atom is 0.251 e. The summed E-state index contributed by atoms with van der Waals surface area (Å²) in [6.45, 7) is 0.651. The van der Waals surface area contributed by atoms with Gasteiger partial charge < -0.3 is 16.4 Å². The van der Waals surface area contributed by atoms with Crippen LogP contribution in [0.25, 0.3) is 0 Å². The topological polar surface area (TPSA) is 134 Å². The van der Waals surface area contributed by atoms with Crippen LogP contribution in [0.2, 0.25) is 0 Å². The maximum absolute atomic E-state index is 11.8. The highest BCUT2D eigenvalue weighted by Crippen LogP contribution is 2.04. The van der Waals surface area contributed by atoms with Crippen LogP contribution in [0, 0.1) is 0 Å². The van der Waals surface area contributed by atoms with Crippen LogP contribution in [0.1, 0.15) is 36.0 Å². The predicted octanol–water partition coefficient (Wildman–Crippen LogP) is 0.181. The minimum Gasteiger partial charge on any atom is -0.399 e. The number of rotatable bonds is 9. The molecular formula is C15H22N4O4. The molecule has 1 rings (SSSR count). The normalized spacial score (nSPS) is 9.96. The molecule has 6 N–H and O–H groups in total. The van der Waals surface area contributed by atoms with Crippen LogP contribution in [0.4, 0.5) is 5.69 Å². The van der Waals surface area contributed by atoms with E-state index in [-0.39, 0.29) is 18.2 Å². The first-order valence-electron chi connectivity index (χ1n) is 7.36. The fraction of sp³-hybridized carbons (Fsp3) is 0.400. The number of nitrogens with two attached hydrogens (primary N) is 1. The lowest BCUT2D eigenvalue weighted by atomic mass is 10.2. The molecule has 0 saturated heterocycles. The number of nitrogen functional groups attached to an aromatic ring is 1. The van der Waals surface area contributed by atoms with Crippen molar-refractivity contribution in [3.63, 3.8) is 0 Å². The molecule has 0 aliphatic carbocycles. The Hall–Kier alpha value is -2.61. The lowest BCUT2D eigenvalue weighted by Gasteiger charge is -2.07. The standard InChI is InChI=1S/C15H22N4O4/c16-12-7-5-11(6-8-12)15(22)18-10-9-17-13(20)3-1-2-4-14(21)19-23/h5-8,23H,1-4,9-10,16H2,(H,17,20)(H,18,22)(H,19,21). The van der Waals surface area contributed by atoms with Gasteiger partial charge in [0.2, 0.25) is 11.8 Å². The van der Waals surface area contributed by atoms with E-state index in [1.807, 2.05) is 0 Å². The van der Waals surface area contributed by atoms with E-state index in [0.29, 0.717) is 43.6 Å². The molecule has 0 aliphatic rings. The Kier molecular flexibility index (Phi) is 8.16. The molecule has 0 atom stereocenters. The molecule has 0 unspecified atom stereocenters. The Morgan fingerprint density at radius 2 is 1.48 bits per heavy atom. The average Bonchev–Trinajstić information content (AvgIpc) is 2.55. The van der Waals surface area contributed by atoms with Crippen molar-refractivity contribution < 1.29 is 19.6 Å². The van der Waals surface area contributed by atoms with Crippen molar-refractivity contribution in [2.75, 3.05) is 18.8 Å². The molecule has 0 fully saturated rings.